The molecule has 2 aromatic rings. The summed E-state index contributed by atoms with van der Waals surface area (Å²) in [5.41, 5.74) is 5.79. The van der Waals surface area contributed by atoms with Crippen molar-refractivity contribution in [3.8, 4) is 0 Å². The van der Waals surface area contributed by atoms with Crippen LogP contribution in [0.15, 0.2) is 10.5 Å². The number of anilines is 1. The molecule has 21 heavy (non-hydrogen) atoms. The molecule has 0 saturated heterocycles. The largest absolute Gasteiger partial charge is 0.461 e. The van der Waals surface area contributed by atoms with Crippen molar-refractivity contribution >= 4 is 28.1 Å². The van der Waals surface area contributed by atoms with E-state index in [1.807, 2.05) is 0 Å². The van der Waals surface area contributed by atoms with E-state index in [0.717, 1.165) is 0 Å². The van der Waals surface area contributed by atoms with Gasteiger partial charge in [-0.25, -0.2) is 14.5 Å². The highest BCUT2D eigenvalue weighted by molar-refractivity contribution is 7.13. The highest BCUT2D eigenvalue weighted by atomic mass is 32.1. The quantitative estimate of drug-likeness (QED) is 0.438. The number of ether oxygens (including phenoxy) is 1. The third kappa shape index (κ3) is 3.72. The fraction of sp³-hybridized carbons (Fsp3) is 0.400. The number of oxime groups is 1. The van der Waals surface area contributed by atoms with Crippen LogP contribution in [0.5, 0.6) is 0 Å². The van der Waals surface area contributed by atoms with Crippen LogP contribution in [-0.2, 0) is 28.0 Å². The molecule has 0 radical (unpaired) electrons. The van der Waals surface area contributed by atoms with Crippen molar-refractivity contribution < 1.29 is 14.4 Å². The summed E-state index contributed by atoms with van der Waals surface area (Å²) < 4.78 is 6.34. The minimum Gasteiger partial charge on any atom is -0.461 e. The van der Waals surface area contributed by atoms with Gasteiger partial charge in [0.25, 0.3) is 0 Å². The molecule has 0 saturated carbocycles. The molecule has 11 heteroatoms. The molecule has 2 heterocycles. The first kappa shape index (κ1) is 14.8. The van der Waals surface area contributed by atoms with Crippen LogP contribution in [-0.4, -0.2) is 43.5 Å². The number of tetrazole rings is 1. The van der Waals surface area contributed by atoms with Crippen molar-refractivity contribution in [1.29, 1.82) is 0 Å². The number of nitrogens with two attached hydrogens (primary N) is 1. The van der Waals surface area contributed by atoms with Crippen molar-refractivity contribution in [2.45, 2.75) is 13.5 Å². The van der Waals surface area contributed by atoms with Crippen molar-refractivity contribution in [3.05, 3.63) is 16.9 Å². The maximum atomic E-state index is 11.9. The Bertz CT molecular complexity index is 651. The molecule has 112 valence electrons. The van der Waals surface area contributed by atoms with Crippen LogP contribution in [0.25, 0.3) is 0 Å². The summed E-state index contributed by atoms with van der Waals surface area (Å²) in [4.78, 5) is 20.9. The van der Waals surface area contributed by atoms with E-state index in [-0.39, 0.29) is 18.9 Å². The lowest BCUT2D eigenvalue weighted by molar-refractivity contribution is -0.135. The summed E-state index contributed by atoms with van der Waals surface area (Å²) in [5.74, 6) is -0.182. The fourth-order valence-corrected chi connectivity index (χ4v) is 1.86. The van der Waals surface area contributed by atoms with Gasteiger partial charge < -0.3 is 15.3 Å². The molecule has 2 rings (SSSR count). The molecule has 0 spiro atoms. The molecule has 2 aromatic heterocycles. The van der Waals surface area contributed by atoms with Gasteiger partial charge >= 0.3 is 5.97 Å². The van der Waals surface area contributed by atoms with Crippen molar-refractivity contribution in [2.24, 2.45) is 12.2 Å². The number of aromatic nitrogens is 5. The molecule has 10 nitrogen and oxygen atoms in total. The lowest BCUT2D eigenvalue weighted by Gasteiger charge is -2.03. The zero-order valence-corrected chi connectivity index (χ0v) is 12.2. The van der Waals surface area contributed by atoms with E-state index in [4.69, 9.17) is 15.3 Å². The Kier molecular flexibility index (Phi) is 4.77. The van der Waals surface area contributed by atoms with Gasteiger partial charge in [-0.3, -0.25) is 0 Å². The van der Waals surface area contributed by atoms with Crippen LogP contribution >= 0.6 is 11.3 Å². The normalized spacial score (nSPS) is 11.4. The molecule has 0 atom stereocenters. The molecule has 0 fully saturated rings. The molecule has 0 amide bonds. The molecule has 0 unspecified atom stereocenters. The number of rotatable bonds is 6. The first-order chi connectivity index (χ1) is 10.1. The monoisotopic (exact) mass is 311 g/mol. The number of aryl methyl sites for hydroxylation is 1. The van der Waals surface area contributed by atoms with E-state index in [1.54, 1.807) is 19.4 Å². The Balaban J connectivity index is 2.13. The van der Waals surface area contributed by atoms with E-state index >= 15 is 0 Å². The predicted molar refractivity (Wildman–Crippen MR) is 73.3 cm³/mol. The van der Waals surface area contributed by atoms with Crippen LogP contribution in [0.4, 0.5) is 5.13 Å². The lowest BCUT2D eigenvalue weighted by atomic mass is 10.3. The predicted octanol–water partition coefficient (Wildman–Crippen LogP) is -0.267. The number of hydrogen-bond acceptors (Lipinski definition) is 10. The minimum absolute atomic E-state index is 0.00598. The van der Waals surface area contributed by atoms with Gasteiger partial charge in [0.05, 0.1) is 6.61 Å². The third-order valence-electron chi connectivity index (χ3n) is 2.29. The Hall–Kier alpha value is -2.56. The van der Waals surface area contributed by atoms with Crippen LogP contribution in [0.2, 0.25) is 0 Å². The van der Waals surface area contributed by atoms with Gasteiger partial charge in [-0.2, -0.15) is 0 Å². The maximum Gasteiger partial charge on any atom is 0.362 e. The van der Waals surface area contributed by atoms with E-state index < -0.39 is 5.97 Å². The number of hydrogen-bond donors (Lipinski definition) is 1. The van der Waals surface area contributed by atoms with E-state index in [2.05, 4.69) is 25.7 Å². The zero-order chi connectivity index (χ0) is 15.2. The average molecular weight is 311 g/mol. The van der Waals surface area contributed by atoms with Gasteiger partial charge in [0.1, 0.15) is 5.69 Å². The van der Waals surface area contributed by atoms with Gasteiger partial charge in [-0.05, 0) is 17.4 Å². The Morgan fingerprint density at radius 3 is 2.95 bits per heavy atom. The minimum atomic E-state index is -0.640. The molecule has 0 aromatic carbocycles. The number of nitrogens with zero attached hydrogens (tertiary/aromatic N) is 6. The highest BCUT2D eigenvalue weighted by Gasteiger charge is 2.19. The second kappa shape index (κ2) is 6.74. The standard InChI is InChI=1S/C10H13N7O3S/c1-3-19-9(18)8(6-5-21-10(11)12-6)14-20-4-7-13-15-16-17(7)2/h5H,3-4H2,1-2H3,(H2,11,12). The van der Waals surface area contributed by atoms with Crippen LogP contribution in [0.1, 0.15) is 18.4 Å². The van der Waals surface area contributed by atoms with E-state index in [9.17, 15) is 4.79 Å². The van der Waals surface area contributed by atoms with E-state index in [1.165, 1.54) is 16.0 Å². The molecule has 2 N–H and O–H groups in total. The first-order valence-corrected chi connectivity index (χ1v) is 6.79. The first-order valence-electron chi connectivity index (χ1n) is 5.91. The van der Waals surface area contributed by atoms with E-state index in [0.29, 0.717) is 16.6 Å². The van der Waals surface area contributed by atoms with Gasteiger partial charge in [0, 0.05) is 12.4 Å². The van der Waals surface area contributed by atoms with Crippen molar-refractivity contribution in [3.63, 3.8) is 0 Å². The number of esters is 1. The molecule has 0 aliphatic heterocycles. The number of carbonyl (C=O) groups is 1. The lowest BCUT2D eigenvalue weighted by Crippen LogP contribution is -2.20. The molecular weight excluding hydrogens is 298 g/mol. The molecular formula is C10H13N7O3S. The number of nitrogen functional groups attached to an aromatic ring is 1. The van der Waals surface area contributed by atoms with Crippen LogP contribution in [0.3, 0.4) is 0 Å². The third-order valence-corrected chi connectivity index (χ3v) is 2.96. The zero-order valence-electron chi connectivity index (χ0n) is 11.4. The number of carbonyl (C=O) groups excluding carboxylic acids is 1. The summed E-state index contributed by atoms with van der Waals surface area (Å²) >= 11 is 1.19. The Morgan fingerprint density at radius 2 is 2.38 bits per heavy atom. The summed E-state index contributed by atoms with van der Waals surface area (Å²) in [6.07, 6.45) is 0. The summed E-state index contributed by atoms with van der Waals surface area (Å²) in [6.45, 7) is 1.91. The summed E-state index contributed by atoms with van der Waals surface area (Å²) in [5, 5.41) is 16.5. The summed E-state index contributed by atoms with van der Waals surface area (Å²) in [6, 6.07) is 0. The number of thiazole rings is 1. The molecule has 0 aliphatic rings. The smallest absolute Gasteiger partial charge is 0.362 e. The average Bonchev–Trinajstić information content (AvgIpc) is 3.04. The van der Waals surface area contributed by atoms with Crippen LogP contribution in [0, 0.1) is 0 Å². The topological polar surface area (TPSA) is 130 Å². The van der Waals surface area contributed by atoms with Gasteiger partial charge in [-0.1, -0.05) is 5.16 Å². The van der Waals surface area contributed by atoms with Crippen molar-refractivity contribution in [1.82, 2.24) is 25.2 Å². The molecule has 0 bridgehead atoms. The highest BCUT2D eigenvalue weighted by Crippen LogP contribution is 2.13. The Morgan fingerprint density at radius 1 is 1.57 bits per heavy atom. The van der Waals surface area contributed by atoms with Crippen molar-refractivity contribution in [2.75, 3.05) is 12.3 Å². The SMILES string of the molecule is CCOC(=O)C(=NOCc1nnnn1C)c1csc(N)n1. The second-order valence-corrected chi connectivity index (χ2v) is 4.61. The van der Waals surface area contributed by atoms with Gasteiger partial charge in [0.15, 0.2) is 17.6 Å². The Labute approximate surface area is 123 Å². The fourth-order valence-electron chi connectivity index (χ4n) is 1.31. The molecule has 0 aliphatic carbocycles. The summed E-state index contributed by atoms with van der Waals surface area (Å²) in [7, 11) is 1.66. The maximum absolute atomic E-state index is 11.9. The van der Waals surface area contributed by atoms with Crippen LogP contribution < -0.4 is 5.73 Å². The van der Waals surface area contributed by atoms with Gasteiger partial charge in [0.2, 0.25) is 5.71 Å². The second-order valence-electron chi connectivity index (χ2n) is 3.72. The van der Waals surface area contributed by atoms with Gasteiger partial charge in [-0.15, -0.1) is 16.4 Å².